The molecule has 152 valence electrons. The highest BCUT2D eigenvalue weighted by Crippen LogP contribution is 2.18. The molecule has 1 saturated heterocycles. The first kappa shape index (κ1) is 20.8. The van der Waals surface area contributed by atoms with Crippen LogP contribution in [-0.4, -0.2) is 64.5 Å². The van der Waals surface area contributed by atoms with Crippen LogP contribution >= 0.6 is 11.6 Å². The monoisotopic (exact) mass is 405 g/mol. The van der Waals surface area contributed by atoms with E-state index in [1.165, 1.54) is 0 Å². The Bertz CT molecular complexity index is 830. The third-order valence-corrected chi connectivity index (χ3v) is 5.33. The van der Waals surface area contributed by atoms with Crippen molar-refractivity contribution in [3.8, 4) is 5.82 Å². The summed E-state index contributed by atoms with van der Waals surface area (Å²) in [7, 11) is 0. The lowest BCUT2D eigenvalue weighted by Crippen LogP contribution is -2.51. The fraction of sp³-hybridized carbons (Fsp3) is 0.550. The summed E-state index contributed by atoms with van der Waals surface area (Å²) in [5.74, 6) is 0.712. The molecule has 28 heavy (non-hydrogen) atoms. The first-order valence-corrected chi connectivity index (χ1v) is 10.0. The van der Waals surface area contributed by atoms with E-state index in [0.29, 0.717) is 23.3 Å². The standard InChI is InChI=1S/C20H28ClN5O2/c1-13(2)17(25-7-9-28-10-8-25)12-22-20(27)19-16(21)5-6-18(23-19)26-15(4)11-14(3)24-26/h5-6,11,13,17H,7-10,12H2,1-4H3,(H,22,27). The third kappa shape index (κ3) is 4.71. The lowest BCUT2D eigenvalue weighted by atomic mass is 10.0. The van der Waals surface area contributed by atoms with Gasteiger partial charge in [-0.15, -0.1) is 0 Å². The van der Waals surface area contributed by atoms with Gasteiger partial charge in [-0.2, -0.15) is 5.10 Å². The molecule has 3 heterocycles. The molecule has 8 heteroatoms. The van der Waals surface area contributed by atoms with Gasteiger partial charge in [0.1, 0.15) is 5.69 Å². The summed E-state index contributed by atoms with van der Waals surface area (Å²) in [6, 6.07) is 5.66. The molecule has 1 N–H and O–H groups in total. The summed E-state index contributed by atoms with van der Waals surface area (Å²) >= 11 is 6.27. The molecule has 0 aliphatic carbocycles. The van der Waals surface area contributed by atoms with Gasteiger partial charge in [0.2, 0.25) is 0 Å². The number of ether oxygens (including phenoxy) is 1. The van der Waals surface area contributed by atoms with Crippen molar-refractivity contribution in [1.29, 1.82) is 0 Å². The van der Waals surface area contributed by atoms with E-state index in [0.717, 1.165) is 37.7 Å². The van der Waals surface area contributed by atoms with E-state index < -0.39 is 0 Å². The van der Waals surface area contributed by atoms with Gasteiger partial charge in [-0.3, -0.25) is 9.69 Å². The van der Waals surface area contributed by atoms with Crippen LogP contribution in [0.25, 0.3) is 5.82 Å². The SMILES string of the molecule is Cc1cc(C)n(-c2ccc(Cl)c(C(=O)NCC(C(C)C)N3CCOCC3)n2)n1. The molecule has 1 atom stereocenters. The third-order valence-electron chi connectivity index (χ3n) is 5.03. The van der Waals surface area contributed by atoms with Crippen molar-refractivity contribution in [2.75, 3.05) is 32.8 Å². The summed E-state index contributed by atoms with van der Waals surface area (Å²) in [6.45, 7) is 12.0. The zero-order valence-corrected chi connectivity index (χ0v) is 17.7. The topological polar surface area (TPSA) is 72.3 Å². The fourth-order valence-corrected chi connectivity index (χ4v) is 3.74. The zero-order chi connectivity index (χ0) is 20.3. The van der Waals surface area contributed by atoms with Crippen molar-refractivity contribution >= 4 is 17.5 Å². The van der Waals surface area contributed by atoms with Crippen molar-refractivity contribution < 1.29 is 9.53 Å². The molecule has 3 rings (SSSR count). The molecule has 7 nitrogen and oxygen atoms in total. The molecule has 0 radical (unpaired) electrons. The highest BCUT2D eigenvalue weighted by atomic mass is 35.5. The molecule has 1 fully saturated rings. The molecule has 1 aliphatic heterocycles. The quantitative estimate of drug-likeness (QED) is 0.799. The van der Waals surface area contributed by atoms with Gasteiger partial charge in [0.15, 0.2) is 5.82 Å². The van der Waals surface area contributed by atoms with E-state index in [4.69, 9.17) is 16.3 Å². The van der Waals surface area contributed by atoms with Crippen LogP contribution in [0.1, 0.15) is 35.7 Å². The highest BCUT2D eigenvalue weighted by Gasteiger charge is 2.25. The molecule has 1 amide bonds. The van der Waals surface area contributed by atoms with Gasteiger partial charge in [0.05, 0.1) is 23.9 Å². The first-order valence-electron chi connectivity index (χ1n) is 9.67. The largest absolute Gasteiger partial charge is 0.379 e. The number of nitrogens with one attached hydrogen (secondary N) is 1. The normalized spacial score (nSPS) is 16.4. The Hall–Kier alpha value is -1.96. The Labute approximate surface area is 171 Å². The van der Waals surface area contributed by atoms with Gasteiger partial charge in [0, 0.05) is 31.4 Å². The van der Waals surface area contributed by atoms with E-state index in [9.17, 15) is 4.79 Å². The second kappa shape index (κ2) is 9.03. The summed E-state index contributed by atoms with van der Waals surface area (Å²) in [6.07, 6.45) is 0. The number of aryl methyl sites for hydroxylation is 2. The van der Waals surface area contributed by atoms with Crippen LogP contribution < -0.4 is 5.32 Å². The number of aromatic nitrogens is 3. The lowest BCUT2D eigenvalue weighted by molar-refractivity contribution is 0.00671. The molecule has 0 aromatic carbocycles. The van der Waals surface area contributed by atoms with Crippen LogP contribution in [0.3, 0.4) is 0 Å². The summed E-state index contributed by atoms with van der Waals surface area (Å²) < 4.78 is 7.16. The van der Waals surface area contributed by atoms with E-state index in [2.05, 4.69) is 34.1 Å². The average Bonchev–Trinajstić information content (AvgIpc) is 3.01. The summed E-state index contributed by atoms with van der Waals surface area (Å²) in [5, 5.41) is 7.78. The molecule has 2 aromatic heterocycles. The fourth-order valence-electron chi connectivity index (χ4n) is 3.55. The minimum Gasteiger partial charge on any atom is -0.379 e. The van der Waals surface area contributed by atoms with Crippen molar-refractivity contribution in [2.45, 2.75) is 33.7 Å². The van der Waals surface area contributed by atoms with Gasteiger partial charge in [0.25, 0.3) is 5.91 Å². The number of carbonyl (C=O) groups excluding carboxylic acids is 1. The Morgan fingerprint density at radius 3 is 2.61 bits per heavy atom. The van der Waals surface area contributed by atoms with E-state index in [1.54, 1.807) is 16.8 Å². The smallest absolute Gasteiger partial charge is 0.271 e. The number of nitrogens with zero attached hydrogens (tertiary/aromatic N) is 4. The molecular formula is C20H28ClN5O2. The molecule has 2 aromatic rings. The van der Waals surface area contributed by atoms with E-state index in [-0.39, 0.29) is 17.6 Å². The van der Waals surface area contributed by atoms with Gasteiger partial charge in [-0.1, -0.05) is 25.4 Å². The average molecular weight is 406 g/mol. The van der Waals surface area contributed by atoms with Crippen molar-refractivity contribution in [1.82, 2.24) is 25.0 Å². The van der Waals surface area contributed by atoms with Gasteiger partial charge in [-0.05, 0) is 38.0 Å². The Morgan fingerprint density at radius 2 is 2.00 bits per heavy atom. The first-order chi connectivity index (χ1) is 13.4. The number of morpholine rings is 1. The van der Waals surface area contributed by atoms with E-state index in [1.807, 2.05) is 19.9 Å². The molecule has 0 bridgehead atoms. The highest BCUT2D eigenvalue weighted by molar-refractivity contribution is 6.33. The predicted molar refractivity (Wildman–Crippen MR) is 109 cm³/mol. The molecule has 0 saturated carbocycles. The lowest BCUT2D eigenvalue weighted by Gasteiger charge is -2.36. The van der Waals surface area contributed by atoms with Crippen LogP contribution in [0.5, 0.6) is 0 Å². The second-order valence-corrected chi connectivity index (χ2v) is 7.92. The Balaban J connectivity index is 1.74. The van der Waals surface area contributed by atoms with E-state index >= 15 is 0 Å². The number of rotatable bonds is 6. The molecule has 0 spiro atoms. The minimum absolute atomic E-state index is 0.219. The maximum absolute atomic E-state index is 12.8. The maximum Gasteiger partial charge on any atom is 0.271 e. The summed E-state index contributed by atoms with van der Waals surface area (Å²) in [4.78, 5) is 19.7. The molecular weight excluding hydrogens is 378 g/mol. The van der Waals surface area contributed by atoms with Gasteiger partial charge in [-0.25, -0.2) is 9.67 Å². The van der Waals surface area contributed by atoms with Crippen LogP contribution in [0.15, 0.2) is 18.2 Å². The number of hydrogen-bond donors (Lipinski definition) is 1. The van der Waals surface area contributed by atoms with Crippen molar-refractivity contribution in [2.24, 2.45) is 5.92 Å². The van der Waals surface area contributed by atoms with Crippen LogP contribution in [0.4, 0.5) is 0 Å². The number of pyridine rings is 1. The summed E-state index contributed by atoms with van der Waals surface area (Å²) in [5.41, 5.74) is 2.06. The van der Waals surface area contributed by atoms with Crippen molar-refractivity contribution in [3.63, 3.8) is 0 Å². The maximum atomic E-state index is 12.8. The Kier molecular flexibility index (Phi) is 6.69. The minimum atomic E-state index is -0.271. The second-order valence-electron chi connectivity index (χ2n) is 7.51. The molecule has 1 aliphatic rings. The number of carbonyl (C=O) groups is 1. The van der Waals surface area contributed by atoms with Crippen LogP contribution in [-0.2, 0) is 4.74 Å². The molecule has 1 unspecified atom stereocenters. The van der Waals surface area contributed by atoms with Crippen LogP contribution in [0, 0.1) is 19.8 Å². The number of amides is 1. The van der Waals surface area contributed by atoms with Gasteiger partial charge < -0.3 is 10.1 Å². The predicted octanol–water partition coefficient (Wildman–Crippen LogP) is 2.62. The van der Waals surface area contributed by atoms with Gasteiger partial charge >= 0.3 is 0 Å². The van der Waals surface area contributed by atoms with Crippen molar-refractivity contribution in [3.05, 3.63) is 40.3 Å². The van der Waals surface area contributed by atoms with Crippen LogP contribution in [0.2, 0.25) is 5.02 Å². The Morgan fingerprint density at radius 1 is 1.29 bits per heavy atom. The number of hydrogen-bond acceptors (Lipinski definition) is 5. The zero-order valence-electron chi connectivity index (χ0n) is 16.9. The number of halogens is 1.